The zero-order valence-electron chi connectivity index (χ0n) is 15.2. The zero-order valence-corrected chi connectivity index (χ0v) is 15.2. The number of benzene rings is 1. The molecule has 0 saturated carbocycles. The Kier molecular flexibility index (Phi) is 6.90. The lowest BCUT2D eigenvalue weighted by molar-refractivity contribution is 0.213. The molecule has 0 bridgehead atoms. The van der Waals surface area contributed by atoms with Crippen molar-refractivity contribution in [2.75, 3.05) is 33.7 Å². The van der Waals surface area contributed by atoms with Gasteiger partial charge in [-0.3, -0.25) is 4.99 Å². The van der Waals surface area contributed by atoms with E-state index in [9.17, 15) is 0 Å². The molecule has 0 radical (unpaired) electrons. The largest absolute Gasteiger partial charge is 0.356 e. The van der Waals surface area contributed by atoms with Crippen LogP contribution in [0.4, 0.5) is 0 Å². The molecule has 0 atom stereocenters. The lowest BCUT2D eigenvalue weighted by atomic mass is 9.94. The molecule has 1 aromatic rings. The summed E-state index contributed by atoms with van der Waals surface area (Å²) in [5.41, 5.74) is 3.97. The summed E-state index contributed by atoms with van der Waals surface area (Å²) in [7, 11) is 4.06. The van der Waals surface area contributed by atoms with E-state index in [1.165, 1.54) is 49.0 Å². The third-order valence-electron chi connectivity index (χ3n) is 4.85. The summed E-state index contributed by atoms with van der Waals surface area (Å²) in [6, 6.07) is 6.59. The van der Waals surface area contributed by atoms with Crippen LogP contribution in [0.1, 0.15) is 36.0 Å². The second kappa shape index (κ2) is 8.92. The van der Waals surface area contributed by atoms with E-state index in [1.54, 1.807) is 0 Å². The first-order chi connectivity index (χ1) is 11.1. The molecule has 0 aromatic heterocycles. The summed E-state index contributed by atoms with van der Waals surface area (Å²) in [6.45, 7) is 8.60. The van der Waals surface area contributed by atoms with E-state index in [0.29, 0.717) is 0 Å². The van der Waals surface area contributed by atoms with Crippen molar-refractivity contribution in [3.63, 3.8) is 0 Å². The second-order valence-corrected chi connectivity index (χ2v) is 6.82. The molecule has 23 heavy (non-hydrogen) atoms. The predicted octanol–water partition coefficient (Wildman–Crippen LogP) is 2.70. The van der Waals surface area contributed by atoms with Gasteiger partial charge in [0.2, 0.25) is 0 Å². The topological polar surface area (TPSA) is 39.7 Å². The first-order valence-corrected chi connectivity index (χ1v) is 8.77. The van der Waals surface area contributed by atoms with Gasteiger partial charge in [-0.1, -0.05) is 23.8 Å². The van der Waals surface area contributed by atoms with Gasteiger partial charge in [-0.2, -0.15) is 0 Å². The second-order valence-electron chi connectivity index (χ2n) is 6.82. The van der Waals surface area contributed by atoms with Gasteiger partial charge in [0, 0.05) is 20.1 Å². The monoisotopic (exact) mass is 316 g/mol. The van der Waals surface area contributed by atoms with Crippen LogP contribution in [0.15, 0.2) is 23.2 Å². The fourth-order valence-corrected chi connectivity index (χ4v) is 3.19. The van der Waals surface area contributed by atoms with Crippen molar-refractivity contribution in [2.24, 2.45) is 10.9 Å². The van der Waals surface area contributed by atoms with Crippen LogP contribution in [0.3, 0.4) is 0 Å². The Bertz CT molecular complexity index is 516. The highest BCUT2D eigenvalue weighted by Gasteiger charge is 2.16. The molecule has 128 valence electrons. The number of aryl methyl sites for hydroxylation is 2. The molecule has 1 heterocycles. The molecule has 1 fully saturated rings. The number of hydrogen-bond acceptors (Lipinski definition) is 2. The SMILES string of the molecule is CN=C(NCCC1CCN(C)CC1)NCc1ccc(C)cc1C. The van der Waals surface area contributed by atoms with Gasteiger partial charge >= 0.3 is 0 Å². The minimum absolute atomic E-state index is 0.819. The van der Waals surface area contributed by atoms with E-state index in [2.05, 4.69) is 59.6 Å². The van der Waals surface area contributed by atoms with Crippen LogP contribution in [0.2, 0.25) is 0 Å². The van der Waals surface area contributed by atoms with Crippen molar-refractivity contribution < 1.29 is 0 Å². The average Bonchev–Trinajstić information content (AvgIpc) is 2.54. The molecular weight excluding hydrogens is 284 g/mol. The Hall–Kier alpha value is -1.55. The Morgan fingerprint density at radius 1 is 1.22 bits per heavy atom. The van der Waals surface area contributed by atoms with Crippen molar-refractivity contribution in [1.82, 2.24) is 15.5 Å². The number of nitrogens with one attached hydrogen (secondary N) is 2. The normalized spacial score (nSPS) is 17.3. The van der Waals surface area contributed by atoms with Crippen molar-refractivity contribution in [2.45, 2.75) is 39.7 Å². The standard InChI is InChI=1S/C19H32N4/c1-15-5-6-18(16(2)13-15)14-22-19(20-3)21-10-7-17-8-11-23(4)12-9-17/h5-6,13,17H,7-12,14H2,1-4H3,(H2,20,21,22). The average molecular weight is 316 g/mol. The number of piperidine rings is 1. The van der Waals surface area contributed by atoms with Crippen LogP contribution in [0.5, 0.6) is 0 Å². The van der Waals surface area contributed by atoms with Gasteiger partial charge in [0.05, 0.1) is 0 Å². The van der Waals surface area contributed by atoms with Gasteiger partial charge < -0.3 is 15.5 Å². The fourth-order valence-electron chi connectivity index (χ4n) is 3.19. The molecule has 0 amide bonds. The van der Waals surface area contributed by atoms with E-state index in [4.69, 9.17) is 0 Å². The van der Waals surface area contributed by atoms with Crippen molar-refractivity contribution in [1.29, 1.82) is 0 Å². The van der Waals surface area contributed by atoms with E-state index >= 15 is 0 Å². The summed E-state index contributed by atoms with van der Waals surface area (Å²) in [4.78, 5) is 6.76. The molecule has 1 saturated heterocycles. The van der Waals surface area contributed by atoms with Crippen LogP contribution in [0, 0.1) is 19.8 Å². The Balaban J connectivity index is 1.71. The summed E-state index contributed by atoms with van der Waals surface area (Å²) >= 11 is 0. The zero-order chi connectivity index (χ0) is 16.7. The third-order valence-corrected chi connectivity index (χ3v) is 4.85. The van der Waals surface area contributed by atoms with Crippen LogP contribution >= 0.6 is 0 Å². The van der Waals surface area contributed by atoms with Crippen LogP contribution < -0.4 is 10.6 Å². The minimum Gasteiger partial charge on any atom is -0.356 e. The van der Waals surface area contributed by atoms with Gasteiger partial charge in [-0.05, 0) is 70.3 Å². The first kappa shape index (κ1) is 17.8. The summed E-state index contributed by atoms with van der Waals surface area (Å²) in [5.74, 6) is 1.76. The number of hydrogen-bond donors (Lipinski definition) is 2. The first-order valence-electron chi connectivity index (χ1n) is 8.77. The molecule has 2 N–H and O–H groups in total. The van der Waals surface area contributed by atoms with E-state index in [-0.39, 0.29) is 0 Å². The predicted molar refractivity (Wildman–Crippen MR) is 99.0 cm³/mol. The molecule has 1 aliphatic rings. The van der Waals surface area contributed by atoms with E-state index in [0.717, 1.165) is 25.0 Å². The minimum atomic E-state index is 0.819. The maximum absolute atomic E-state index is 4.33. The maximum Gasteiger partial charge on any atom is 0.191 e. The fraction of sp³-hybridized carbons (Fsp3) is 0.632. The van der Waals surface area contributed by atoms with Gasteiger partial charge in [0.15, 0.2) is 5.96 Å². The van der Waals surface area contributed by atoms with Gasteiger partial charge in [0.25, 0.3) is 0 Å². The van der Waals surface area contributed by atoms with Crippen LogP contribution in [-0.2, 0) is 6.54 Å². The van der Waals surface area contributed by atoms with Gasteiger partial charge in [-0.25, -0.2) is 0 Å². The Labute approximate surface area is 141 Å². The summed E-state index contributed by atoms with van der Waals surface area (Å²) < 4.78 is 0. The van der Waals surface area contributed by atoms with Crippen molar-refractivity contribution in [3.8, 4) is 0 Å². The van der Waals surface area contributed by atoms with Crippen molar-refractivity contribution in [3.05, 3.63) is 34.9 Å². The van der Waals surface area contributed by atoms with Gasteiger partial charge in [0.1, 0.15) is 0 Å². The highest BCUT2D eigenvalue weighted by Crippen LogP contribution is 2.18. The number of likely N-dealkylation sites (tertiary alicyclic amines) is 1. The summed E-state index contributed by atoms with van der Waals surface area (Å²) in [5, 5.41) is 6.88. The molecule has 0 aliphatic carbocycles. The molecule has 0 unspecified atom stereocenters. The summed E-state index contributed by atoms with van der Waals surface area (Å²) in [6.07, 6.45) is 3.89. The van der Waals surface area contributed by atoms with Gasteiger partial charge in [-0.15, -0.1) is 0 Å². The maximum atomic E-state index is 4.33. The van der Waals surface area contributed by atoms with E-state index in [1.807, 2.05) is 7.05 Å². The Morgan fingerprint density at radius 3 is 2.61 bits per heavy atom. The molecule has 1 aliphatic heterocycles. The molecule has 4 nitrogen and oxygen atoms in total. The molecule has 4 heteroatoms. The lowest BCUT2D eigenvalue weighted by Crippen LogP contribution is -2.38. The quantitative estimate of drug-likeness (QED) is 0.648. The molecule has 2 rings (SSSR count). The van der Waals surface area contributed by atoms with Crippen LogP contribution in [-0.4, -0.2) is 44.6 Å². The molecular formula is C19H32N4. The number of guanidine groups is 1. The number of aliphatic imine (C=N–C) groups is 1. The number of rotatable bonds is 5. The number of nitrogens with zero attached hydrogens (tertiary/aromatic N) is 2. The van der Waals surface area contributed by atoms with E-state index < -0.39 is 0 Å². The highest BCUT2D eigenvalue weighted by atomic mass is 15.2. The highest BCUT2D eigenvalue weighted by molar-refractivity contribution is 5.79. The molecule has 1 aromatic carbocycles. The van der Waals surface area contributed by atoms with Crippen LogP contribution in [0.25, 0.3) is 0 Å². The van der Waals surface area contributed by atoms with Crippen molar-refractivity contribution >= 4 is 5.96 Å². The Morgan fingerprint density at radius 2 is 1.96 bits per heavy atom. The molecule has 0 spiro atoms. The third kappa shape index (κ3) is 5.87. The smallest absolute Gasteiger partial charge is 0.191 e. The lowest BCUT2D eigenvalue weighted by Gasteiger charge is -2.29.